The normalized spacial score (nSPS) is 13.1. The summed E-state index contributed by atoms with van der Waals surface area (Å²) in [6.45, 7) is 8.23. The number of para-hydroxylation sites is 1. The van der Waals surface area contributed by atoms with Crippen LogP contribution in [-0.4, -0.2) is 51.2 Å². The number of likely N-dealkylation sites (tertiary alicyclic amines) is 1. The maximum absolute atomic E-state index is 13.3. The van der Waals surface area contributed by atoms with E-state index >= 15 is 0 Å². The number of anilines is 1. The molecule has 0 bridgehead atoms. The number of rotatable bonds is 12. The first kappa shape index (κ1) is 30.5. The molecular formula is C35H37N5O4S. The summed E-state index contributed by atoms with van der Waals surface area (Å²) in [7, 11) is 0. The minimum atomic E-state index is -0.370. The predicted molar refractivity (Wildman–Crippen MR) is 176 cm³/mol. The molecule has 0 unspecified atom stereocenters. The van der Waals surface area contributed by atoms with Crippen LogP contribution in [0.5, 0.6) is 0 Å². The highest BCUT2D eigenvalue weighted by Gasteiger charge is 2.21. The van der Waals surface area contributed by atoms with Crippen LogP contribution in [0.3, 0.4) is 0 Å². The lowest BCUT2D eigenvalue weighted by atomic mass is 10.0. The average molecular weight is 624 g/mol. The SMILES string of the molecule is CCc1nc2cccc(C(=O)OCCCN3CCCC3=O)c2n1Cc1ccc(-c2ccccc2SNc2onc(C)c2C)cc1. The first-order valence-electron chi connectivity index (χ1n) is 15.4. The highest BCUT2D eigenvalue weighted by atomic mass is 32.2. The Morgan fingerprint density at radius 1 is 1.07 bits per heavy atom. The van der Waals surface area contributed by atoms with E-state index in [0.717, 1.165) is 69.1 Å². The predicted octanol–water partition coefficient (Wildman–Crippen LogP) is 7.21. The Kier molecular flexibility index (Phi) is 9.21. The number of ether oxygens (including phenoxy) is 1. The Balaban J connectivity index is 1.18. The number of carbonyl (C=O) groups excluding carboxylic acids is 2. The molecule has 1 aliphatic rings. The third-order valence-corrected chi connectivity index (χ3v) is 9.13. The maximum atomic E-state index is 13.3. The van der Waals surface area contributed by atoms with Crippen molar-refractivity contribution in [3.63, 3.8) is 0 Å². The van der Waals surface area contributed by atoms with Crippen molar-refractivity contribution in [1.29, 1.82) is 0 Å². The molecule has 5 aromatic rings. The van der Waals surface area contributed by atoms with Crippen molar-refractivity contribution in [2.45, 2.75) is 57.9 Å². The molecule has 1 N–H and O–H groups in total. The second-order valence-corrected chi connectivity index (χ2v) is 12.1. The summed E-state index contributed by atoms with van der Waals surface area (Å²) in [5, 5.41) is 4.03. The molecule has 1 saturated heterocycles. The standard InChI is InChI=1S/C35H37N5O4S/c1-4-31-36-29-12-7-11-28(35(42)43-21-9-20-39-19-8-14-32(39)41)33(29)40(31)22-25-15-17-26(18-16-25)27-10-5-6-13-30(27)45-38-34-23(2)24(3)37-44-34/h5-7,10-13,15-18,38H,4,8-9,14,19-22H2,1-3H3. The van der Waals surface area contributed by atoms with Gasteiger partial charge in [0.2, 0.25) is 11.8 Å². The Morgan fingerprint density at radius 2 is 1.89 bits per heavy atom. The number of nitrogens with one attached hydrogen (secondary N) is 1. The van der Waals surface area contributed by atoms with Crippen LogP contribution in [0.1, 0.15) is 59.2 Å². The van der Waals surface area contributed by atoms with Crippen LogP contribution >= 0.6 is 11.9 Å². The molecule has 0 saturated carbocycles. The summed E-state index contributed by atoms with van der Waals surface area (Å²) in [4.78, 5) is 32.9. The number of benzene rings is 3. The van der Waals surface area contributed by atoms with Gasteiger partial charge in [0, 0.05) is 42.9 Å². The summed E-state index contributed by atoms with van der Waals surface area (Å²) in [5.41, 5.74) is 7.23. The van der Waals surface area contributed by atoms with Crippen LogP contribution in [0.2, 0.25) is 0 Å². The molecule has 45 heavy (non-hydrogen) atoms. The van der Waals surface area contributed by atoms with Gasteiger partial charge in [0.05, 0.1) is 28.9 Å². The topological polar surface area (TPSA) is 102 Å². The van der Waals surface area contributed by atoms with Gasteiger partial charge in [-0.1, -0.05) is 60.6 Å². The van der Waals surface area contributed by atoms with E-state index in [-0.39, 0.29) is 18.5 Å². The minimum absolute atomic E-state index is 0.184. The van der Waals surface area contributed by atoms with E-state index in [9.17, 15) is 9.59 Å². The molecule has 6 rings (SSSR count). The van der Waals surface area contributed by atoms with Crippen LogP contribution < -0.4 is 4.72 Å². The van der Waals surface area contributed by atoms with E-state index in [2.05, 4.69) is 57.8 Å². The van der Waals surface area contributed by atoms with Crippen LogP contribution in [0.25, 0.3) is 22.2 Å². The van der Waals surface area contributed by atoms with Gasteiger partial charge < -0.3 is 18.7 Å². The monoisotopic (exact) mass is 623 g/mol. The Bertz CT molecular complexity index is 1830. The smallest absolute Gasteiger partial charge is 0.340 e. The number of imidazole rings is 1. The van der Waals surface area contributed by atoms with Crippen molar-refractivity contribution < 1.29 is 18.8 Å². The maximum Gasteiger partial charge on any atom is 0.340 e. The lowest BCUT2D eigenvalue weighted by Gasteiger charge is -2.15. The molecule has 1 amide bonds. The molecule has 232 valence electrons. The lowest BCUT2D eigenvalue weighted by molar-refractivity contribution is -0.127. The summed E-state index contributed by atoms with van der Waals surface area (Å²) in [6, 6.07) is 22.3. The van der Waals surface area contributed by atoms with Gasteiger partial charge in [0.1, 0.15) is 5.82 Å². The fraction of sp³-hybridized carbons (Fsp3) is 0.314. The third-order valence-electron chi connectivity index (χ3n) is 8.26. The van der Waals surface area contributed by atoms with Crippen molar-refractivity contribution in [3.05, 3.63) is 94.9 Å². The van der Waals surface area contributed by atoms with Gasteiger partial charge in [-0.2, -0.15) is 0 Å². The van der Waals surface area contributed by atoms with E-state index in [1.165, 1.54) is 11.9 Å². The number of aryl methyl sites for hydroxylation is 2. The second-order valence-electron chi connectivity index (χ2n) is 11.2. The molecule has 2 aromatic heterocycles. The van der Waals surface area contributed by atoms with E-state index < -0.39 is 0 Å². The molecule has 0 aliphatic carbocycles. The number of nitrogens with zero attached hydrogens (tertiary/aromatic N) is 4. The van der Waals surface area contributed by atoms with Gasteiger partial charge in [0.15, 0.2) is 0 Å². The lowest BCUT2D eigenvalue weighted by Crippen LogP contribution is -2.26. The Morgan fingerprint density at radius 3 is 2.62 bits per heavy atom. The third kappa shape index (κ3) is 6.61. The van der Waals surface area contributed by atoms with E-state index in [1.807, 2.05) is 43.0 Å². The molecule has 10 heteroatoms. The number of carbonyl (C=O) groups is 2. The van der Waals surface area contributed by atoms with Gasteiger partial charge in [-0.25, -0.2) is 9.78 Å². The van der Waals surface area contributed by atoms with Crippen LogP contribution in [0.15, 0.2) is 76.1 Å². The van der Waals surface area contributed by atoms with E-state index in [0.29, 0.717) is 37.4 Å². The first-order chi connectivity index (χ1) is 21.9. The quantitative estimate of drug-likeness (QED) is 0.0884. The zero-order valence-electron chi connectivity index (χ0n) is 25.8. The van der Waals surface area contributed by atoms with Crippen molar-refractivity contribution in [2.75, 3.05) is 24.4 Å². The number of fused-ring (bicyclic) bond motifs is 1. The first-order valence-corrected chi connectivity index (χ1v) is 16.2. The van der Waals surface area contributed by atoms with Crippen molar-refractivity contribution in [2.24, 2.45) is 0 Å². The molecule has 0 radical (unpaired) electrons. The molecule has 0 spiro atoms. The summed E-state index contributed by atoms with van der Waals surface area (Å²) in [6.07, 6.45) is 2.87. The van der Waals surface area contributed by atoms with Gasteiger partial charge in [-0.05, 0) is 73.5 Å². The fourth-order valence-electron chi connectivity index (χ4n) is 5.66. The number of hydrogen-bond donors (Lipinski definition) is 1. The summed E-state index contributed by atoms with van der Waals surface area (Å²) >= 11 is 1.50. The molecule has 9 nitrogen and oxygen atoms in total. The number of hydrogen-bond acceptors (Lipinski definition) is 8. The molecule has 1 fully saturated rings. The minimum Gasteiger partial charge on any atom is -0.462 e. The fourth-order valence-corrected chi connectivity index (χ4v) is 6.49. The zero-order valence-corrected chi connectivity index (χ0v) is 26.7. The van der Waals surface area contributed by atoms with Gasteiger partial charge in [-0.3, -0.25) is 9.52 Å². The highest BCUT2D eigenvalue weighted by Crippen LogP contribution is 2.33. The Labute approximate surface area is 267 Å². The van der Waals surface area contributed by atoms with Crippen molar-refractivity contribution in [1.82, 2.24) is 19.6 Å². The average Bonchev–Trinajstić information content (AvgIpc) is 3.74. The van der Waals surface area contributed by atoms with Crippen LogP contribution in [0, 0.1) is 13.8 Å². The van der Waals surface area contributed by atoms with E-state index in [4.69, 9.17) is 14.2 Å². The number of amides is 1. The van der Waals surface area contributed by atoms with Gasteiger partial charge in [-0.15, -0.1) is 0 Å². The van der Waals surface area contributed by atoms with Gasteiger partial charge in [0.25, 0.3) is 0 Å². The van der Waals surface area contributed by atoms with Crippen LogP contribution in [0.4, 0.5) is 5.88 Å². The molecule has 3 heterocycles. The van der Waals surface area contributed by atoms with Crippen molar-refractivity contribution >= 4 is 40.7 Å². The highest BCUT2D eigenvalue weighted by molar-refractivity contribution is 8.00. The molecule has 3 aromatic carbocycles. The number of esters is 1. The van der Waals surface area contributed by atoms with E-state index in [1.54, 1.807) is 6.07 Å². The largest absolute Gasteiger partial charge is 0.462 e. The summed E-state index contributed by atoms with van der Waals surface area (Å²) in [5.74, 6) is 1.38. The molecular weight excluding hydrogens is 586 g/mol. The van der Waals surface area contributed by atoms with Crippen LogP contribution in [-0.2, 0) is 22.5 Å². The molecule has 0 atom stereocenters. The second kappa shape index (κ2) is 13.6. The zero-order chi connectivity index (χ0) is 31.3. The number of aromatic nitrogens is 3. The van der Waals surface area contributed by atoms with Crippen molar-refractivity contribution in [3.8, 4) is 11.1 Å². The molecule has 1 aliphatic heterocycles. The van der Waals surface area contributed by atoms with Gasteiger partial charge >= 0.3 is 5.97 Å². The Hall–Kier alpha value is -4.57. The summed E-state index contributed by atoms with van der Waals surface area (Å²) < 4.78 is 16.5.